The Balaban J connectivity index is 0.00000112. The highest BCUT2D eigenvalue weighted by Crippen LogP contribution is 2.17. The van der Waals surface area contributed by atoms with Gasteiger partial charge in [-0.15, -0.1) is 12.4 Å². The number of carboxylic acid groups (broad SMARTS) is 1. The van der Waals surface area contributed by atoms with E-state index >= 15 is 0 Å². The molecule has 0 unspecified atom stereocenters. The molecule has 0 saturated heterocycles. The topological polar surface area (TPSA) is 52.6 Å². The lowest BCUT2D eigenvalue weighted by Crippen LogP contribution is -2.37. The van der Waals surface area contributed by atoms with Crippen LogP contribution in [0.1, 0.15) is 11.1 Å². The fourth-order valence-electron chi connectivity index (χ4n) is 1.45. The number of hydrogen-bond donors (Lipinski definition) is 2. The van der Waals surface area contributed by atoms with E-state index < -0.39 is 6.09 Å². The minimum atomic E-state index is -1.05. The summed E-state index contributed by atoms with van der Waals surface area (Å²) in [7, 11) is 0. The van der Waals surface area contributed by atoms with Gasteiger partial charge in [0.25, 0.3) is 0 Å². The van der Waals surface area contributed by atoms with E-state index in [0.717, 1.165) is 11.1 Å². The Kier molecular flexibility index (Phi) is 3.57. The van der Waals surface area contributed by atoms with Gasteiger partial charge < -0.3 is 5.11 Å². The number of hydrazine groups is 1. The van der Waals surface area contributed by atoms with Gasteiger partial charge in [-0.25, -0.2) is 10.2 Å². The SMILES string of the molecule is Cl.O=C(O)NN1C=Cc2ccccc2C1. The molecular weight excluding hydrogens is 216 g/mol. The molecule has 0 atom stereocenters. The fourth-order valence-corrected chi connectivity index (χ4v) is 1.45. The summed E-state index contributed by atoms with van der Waals surface area (Å²) in [4.78, 5) is 10.4. The number of nitrogens with one attached hydrogen (secondary N) is 1. The first kappa shape index (κ1) is 11.4. The Morgan fingerprint density at radius 3 is 2.87 bits per heavy atom. The number of rotatable bonds is 1. The van der Waals surface area contributed by atoms with Gasteiger partial charge in [0, 0.05) is 6.20 Å². The predicted molar refractivity (Wildman–Crippen MR) is 59.4 cm³/mol. The Morgan fingerprint density at radius 2 is 2.13 bits per heavy atom. The van der Waals surface area contributed by atoms with E-state index in [-0.39, 0.29) is 12.4 Å². The van der Waals surface area contributed by atoms with Crippen LogP contribution < -0.4 is 5.43 Å². The van der Waals surface area contributed by atoms with E-state index in [1.807, 2.05) is 30.3 Å². The van der Waals surface area contributed by atoms with Crippen LogP contribution in [0, 0.1) is 0 Å². The van der Waals surface area contributed by atoms with Crippen LogP contribution in [-0.4, -0.2) is 16.2 Å². The van der Waals surface area contributed by atoms with Gasteiger partial charge in [0.05, 0.1) is 6.54 Å². The molecule has 1 aliphatic rings. The predicted octanol–water partition coefficient (Wildman–Crippen LogP) is 2.08. The summed E-state index contributed by atoms with van der Waals surface area (Å²) >= 11 is 0. The highest BCUT2D eigenvalue weighted by atomic mass is 35.5. The molecule has 0 bridgehead atoms. The van der Waals surface area contributed by atoms with Crippen LogP contribution >= 0.6 is 12.4 Å². The lowest BCUT2D eigenvalue weighted by molar-refractivity contribution is 0.160. The van der Waals surface area contributed by atoms with Crippen molar-refractivity contribution in [3.05, 3.63) is 41.6 Å². The average Bonchev–Trinajstić information content (AvgIpc) is 2.17. The van der Waals surface area contributed by atoms with E-state index in [1.165, 1.54) is 5.01 Å². The summed E-state index contributed by atoms with van der Waals surface area (Å²) in [6, 6.07) is 7.89. The van der Waals surface area contributed by atoms with E-state index in [0.29, 0.717) is 6.54 Å². The highest BCUT2D eigenvalue weighted by molar-refractivity contribution is 5.85. The second-order valence-corrected chi connectivity index (χ2v) is 3.06. The molecule has 0 saturated carbocycles. The van der Waals surface area contributed by atoms with Crippen molar-refractivity contribution < 1.29 is 9.90 Å². The van der Waals surface area contributed by atoms with Gasteiger partial charge >= 0.3 is 6.09 Å². The van der Waals surface area contributed by atoms with Gasteiger partial charge in [0.2, 0.25) is 0 Å². The molecule has 1 aromatic rings. The number of nitrogens with zero attached hydrogens (tertiary/aromatic N) is 1. The summed E-state index contributed by atoms with van der Waals surface area (Å²) in [6.07, 6.45) is 2.56. The van der Waals surface area contributed by atoms with E-state index in [2.05, 4.69) is 5.43 Å². The Morgan fingerprint density at radius 1 is 1.40 bits per heavy atom. The molecule has 1 heterocycles. The molecule has 0 aliphatic carbocycles. The number of benzene rings is 1. The monoisotopic (exact) mass is 226 g/mol. The van der Waals surface area contributed by atoms with Crippen LogP contribution in [0.15, 0.2) is 30.5 Å². The lowest BCUT2D eigenvalue weighted by atomic mass is 10.1. The Hall–Kier alpha value is -1.68. The minimum Gasteiger partial charge on any atom is -0.464 e. The first-order valence-electron chi connectivity index (χ1n) is 4.28. The molecule has 1 aromatic carbocycles. The van der Waals surface area contributed by atoms with E-state index in [1.54, 1.807) is 6.20 Å². The van der Waals surface area contributed by atoms with Crippen molar-refractivity contribution in [3.8, 4) is 0 Å². The third-order valence-electron chi connectivity index (χ3n) is 2.07. The van der Waals surface area contributed by atoms with Crippen LogP contribution in [-0.2, 0) is 6.54 Å². The zero-order valence-electron chi connectivity index (χ0n) is 7.88. The third kappa shape index (κ3) is 2.63. The van der Waals surface area contributed by atoms with Crippen molar-refractivity contribution in [1.82, 2.24) is 10.4 Å². The number of fused-ring (bicyclic) bond motifs is 1. The first-order valence-corrected chi connectivity index (χ1v) is 4.28. The second kappa shape index (κ2) is 4.70. The van der Waals surface area contributed by atoms with Crippen LogP contribution in [0.2, 0.25) is 0 Å². The zero-order valence-corrected chi connectivity index (χ0v) is 8.70. The maximum Gasteiger partial charge on any atom is 0.423 e. The molecule has 4 nitrogen and oxygen atoms in total. The highest BCUT2D eigenvalue weighted by Gasteiger charge is 2.10. The molecule has 0 spiro atoms. The molecule has 1 aliphatic heterocycles. The molecule has 1 amide bonds. The molecule has 2 rings (SSSR count). The van der Waals surface area contributed by atoms with Gasteiger partial charge in [-0.2, -0.15) is 0 Å². The van der Waals surface area contributed by atoms with Crippen molar-refractivity contribution in [3.63, 3.8) is 0 Å². The quantitative estimate of drug-likeness (QED) is 0.771. The van der Waals surface area contributed by atoms with Gasteiger partial charge in [-0.05, 0) is 17.2 Å². The first-order chi connectivity index (χ1) is 6.75. The molecule has 15 heavy (non-hydrogen) atoms. The van der Waals surface area contributed by atoms with Crippen LogP contribution in [0.5, 0.6) is 0 Å². The molecule has 80 valence electrons. The minimum absolute atomic E-state index is 0. The van der Waals surface area contributed by atoms with Crippen molar-refractivity contribution in [2.75, 3.05) is 0 Å². The zero-order chi connectivity index (χ0) is 9.97. The van der Waals surface area contributed by atoms with E-state index in [9.17, 15) is 4.79 Å². The Bertz CT molecular complexity index is 393. The number of halogens is 1. The smallest absolute Gasteiger partial charge is 0.423 e. The van der Waals surface area contributed by atoms with Crippen molar-refractivity contribution in [2.45, 2.75) is 6.54 Å². The summed E-state index contributed by atoms with van der Waals surface area (Å²) in [6.45, 7) is 0.568. The average molecular weight is 227 g/mol. The molecule has 5 heteroatoms. The second-order valence-electron chi connectivity index (χ2n) is 3.06. The van der Waals surface area contributed by atoms with Crippen molar-refractivity contribution in [2.24, 2.45) is 0 Å². The fraction of sp³-hybridized carbons (Fsp3) is 0.100. The molecule has 0 fully saturated rings. The molecule has 2 N–H and O–H groups in total. The van der Waals surface area contributed by atoms with Crippen molar-refractivity contribution in [1.29, 1.82) is 0 Å². The number of hydrogen-bond acceptors (Lipinski definition) is 2. The molecular formula is C10H11ClN2O2. The summed E-state index contributed by atoms with van der Waals surface area (Å²) in [5.41, 5.74) is 4.54. The Labute approximate surface area is 93.6 Å². The van der Waals surface area contributed by atoms with Gasteiger partial charge in [-0.1, -0.05) is 24.3 Å². The molecule has 0 aromatic heterocycles. The summed E-state index contributed by atoms with van der Waals surface area (Å²) in [5.74, 6) is 0. The normalized spacial score (nSPS) is 12.7. The van der Waals surface area contributed by atoms with Gasteiger partial charge in [0.1, 0.15) is 0 Å². The largest absolute Gasteiger partial charge is 0.464 e. The summed E-state index contributed by atoms with van der Waals surface area (Å²) < 4.78 is 0. The van der Waals surface area contributed by atoms with Gasteiger partial charge in [0.15, 0.2) is 0 Å². The third-order valence-corrected chi connectivity index (χ3v) is 2.07. The van der Waals surface area contributed by atoms with Crippen LogP contribution in [0.3, 0.4) is 0 Å². The van der Waals surface area contributed by atoms with Crippen LogP contribution in [0.4, 0.5) is 4.79 Å². The summed E-state index contributed by atoms with van der Waals surface area (Å²) in [5, 5.41) is 10.1. The number of carbonyl (C=O) groups is 1. The maximum atomic E-state index is 10.4. The van der Waals surface area contributed by atoms with Crippen molar-refractivity contribution >= 4 is 24.6 Å². The molecule has 0 radical (unpaired) electrons. The standard InChI is InChI=1S/C10H10N2O2.ClH/c13-10(14)11-12-6-5-8-3-1-2-4-9(8)7-12;/h1-6,11H,7H2,(H,13,14);1H. The lowest BCUT2D eigenvalue weighted by Gasteiger charge is -2.24. The number of amides is 1. The van der Waals surface area contributed by atoms with Crippen LogP contribution in [0.25, 0.3) is 6.08 Å². The van der Waals surface area contributed by atoms with Gasteiger partial charge in [-0.3, -0.25) is 5.01 Å². The maximum absolute atomic E-state index is 10.4. The van der Waals surface area contributed by atoms with E-state index in [4.69, 9.17) is 5.11 Å².